The number of amides is 1. The highest BCUT2D eigenvalue weighted by atomic mass is 16.5. The fourth-order valence-corrected chi connectivity index (χ4v) is 4.25. The maximum absolute atomic E-state index is 12.7. The first-order valence-corrected chi connectivity index (χ1v) is 9.70. The number of ether oxygens (including phenoxy) is 1. The number of para-hydroxylation sites is 1. The van der Waals surface area contributed by atoms with Crippen molar-refractivity contribution < 1.29 is 9.53 Å². The summed E-state index contributed by atoms with van der Waals surface area (Å²) in [6, 6.07) is 16.8. The van der Waals surface area contributed by atoms with E-state index >= 15 is 0 Å². The largest absolute Gasteiger partial charge is 0.497 e. The minimum Gasteiger partial charge on any atom is -0.497 e. The van der Waals surface area contributed by atoms with Gasteiger partial charge in [-0.1, -0.05) is 37.3 Å². The molecule has 1 saturated heterocycles. The van der Waals surface area contributed by atoms with Gasteiger partial charge in [0.25, 0.3) is 0 Å². The number of rotatable bonds is 5. The Balaban J connectivity index is 1.92. The maximum atomic E-state index is 12.7. The van der Waals surface area contributed by atoms with Crippen LogP contribution in [-0.4, -0.2) is 28.9 Å². The molecule has 1 aromatic heterocycles. The zero-order chi connectivity index (χ0) is 19.0. The molecule has 1 aliphatic heterocycles. The van der Waals surface area contributed by atoms with Gasteiger partial charge in [0, 0.05) is 34.5 Å². The Hall–Kier alpha value is -2.75. The number of carbonyl (C=O) groups excluding carboxylic acids is 1. The van der Waals surface area contributed by atoms with E-state index in [-0.39, 0.29) is 18.0 Å². The number of aromatic amines is 1. The van der Waals surface area contributed by atoms with E-state index in [2.05, 4.69) is 54.1 Å². The van der Waals surface area contributed by atoms with Crippen LogP contribution < -0.4 is 4.74 Å². The molecule has 4 rings (SSSR count). The summed E-state index contributed by atoms with van der Waals surface area (Å²) in [7, 11) is 1.69. The number of nitrogens with zero attached hydrogens (tertiary/aromatic N) is 1. The lowest BCUT2D eigenvalue weighted by Crippen LogP contribution is -2.35. The number of likely N-dealkylation sites (tertiary alicyclic amines) is 1. The molecule has 4 nitrogen and oxygen atoms in total. The Morgan fingerprint density at radius 2 is 2.04 bits per heavy atom. The Bertz CT molecular complexity index is 975. The molecule has 1 aliphatic rings. The number of carbonyl (C=O) groups is 1. The summed E-state index contributed by atoms with van der Waals surface area (Å²) in [5.41, 5.74) is 4.51. The van der Waals surface area contributed by atoms with Crippen LogP contribution in [0, 0.1) is 0 Å². The Kier molecular flexibility index (Phi) is 4.65. The minimum absolute atomic E-state index is 0.102. The second-order valence-corrected chi connectivity index (χ2v) is 7.30. The average molecular weight is 362 g/mol. The first-order chi connectivity index (χ1) is 13.1. The number of benzene rings is 2. The fraction of sp³-hybridized carbons (Fsp3) is 0.348. The maximum Gasteiger partial charge on any atom is 0.223 e. The van der Waals surface area contributed by atoms with Gasteiger partial charge in [0.2, 0.25) is 5.91 Å². The number of hydrogen-bond acceptors (Lipinski definition) is 2. The number of nitrogens with one attached hydrogen (secondary N) is 1. The van der Waals surface area contributed by atoms with Gasteiger partial charge in [-0.05, 0) is 38.0 Å². The van der Waals surface area contributed by atoms with Crippen LogP contribution in [0.4, 0.5) is 0 Å². The van der Waals surface area contributed by atoms with Crippen molar-refractivity contribution in [3.8, 4) is 17.0 Å². The van der Waals surface area contributed by atoms with Crippen molar-refractivity contribution in [2.75, 3.05) is 7.11 Å². The highest BCUT2D eigenvalue weighted by molar-refractivity contribution is 5.93. The quantitative estimate of drug-likeness (QED) is 0.669. The van der Waals surface area contributed by atoms with Crippen LogP contribution in [0.2, 0.25) is 0 Å². The molecule has 140 valence electrons. The minimum atomic E-state index is 0.102. The van der Waals surface area contributed by atoms with Crippen LogP contribution in [0.3, 0.4) is 0 Å². The van der Waals surface area contributed by atoms with E-state index in [0.717, 1.165) is 35.4 Å². The molecule has 2 heterocycles. The molecule has 0 bridgehead atoms. The smallest absolute Gasteiger partial charge is 0.223 e. The molecule has 4 heteroatoms. The zero-order valence-electron chi connectivity index (χ0n) is 16.2. The van der Waals surface area contributed by atoms with E-state index in [1.54, 1.807) is 7.11 Å². The predicted octanol–water partition coefficient (Wildman–Crippen LogP) is 5.31. The summed E-state index contributed by atoms with van der Waals surface area (Å²) < 4.78 is 5.43. The second-order valence-electron chi connectivity index (χ2n) is 7.30. The molecule has 27 heavy (non-hydrogen) atoms. The van der Waals surface area contributed by atoms with Crippen molar-refractivity contribution in [2.24, 2.45) is 0 Å². The molecule has 0 radical (unpaired) electrons. The molecular formula is C23H26N2O2. The van der Waals surface area contributed by atoms with E-state index in [1.807, 2.05) is 18.2 Å². The number of H-pyrrole nitrogens is 1. The summed E-state index contributed by atoms with van der Waals surface area (Å²) in [6.45, 7) is 4.29. The molecule has 0 saturated carbocycles. The summed E-state index contributed by atoms with van der Waals surface area (Å²) in [5, 5.41) is 1.20. The monoisotopic (exact) mass is 362 g/mol. The summed E-state index contributed by atoms with van der Waals surface area (Å²) in [6.07, 6.45) is 2.44. The van der Waals surface area contributed by atoms with Crippen molar-refractivity contribution in [2.45, 2.75) is 45.2 Å². The Morgan fingerprint density at radius 3 is 2.81 bits per heavy atom. The summed E-state index contributed by atoms with van der Waals surface area (Å²) in [5.74, 6) is 1.09. The highest BCUT2D eigenvalue weighted by Crippen LogP contribution is 2.43. The average Bonchev–Trinajstić information content (AvgIpc) is 3.27. The van der Waals surface area contributed by atoms with Crippen LogP contribution in [0.5, 0.6) is 5.75 Å². The number of aromatic nitrogens is 1. The van der Waals surface area contributed by atoms with Crippen molar-refractivity contribution in [3.63, 3.8) is 0 Å². The van der Waals surface area contributed by atoms with Gasteiger partial charge in [-0.3, -0.25) is 4.79 Å². The molecule has 1 N–H and O–H groups in total. The van der Waals surface area contributed by atoms with Crippen molar-refractivity contribution in [3.05, 3.63) is 54.1 Å². The van der Waals surface area contributed by atoms with E-state index in [9.17, 15) is 4.79 Å². The van der Waals surface area contributed by atoms with Crippen molar-refractivity contribution >= 4 is 16.8 Å². The van der Waals surface area contributed by atoms with Crippen LogP contribution in [0.25, 0.3) is 22.2 Å². The lowest BCUT2D eigenvalue weighted by Gasteiger charge is -2.31. The predicted molar refractivity (Wildman–Crippen MR) is 109 cm³/mol. The van der Waals surface area contributed by atoms with Crippen molar-refractivity contribution in [1.29, 1.82) is 0 Å². The van der Waals surface area contributed by atoms with Gasteiger partial charge >= 0.3 is 0 Å². The normalized spacial score (nSPS) is 18.3. The summed E-state index contributed by atoms with van der Waals surface area (Å²) >= 11 is 0. The Morgan fingerprint density at radius 1 is 1.22 bits per heavy atom. The standard InChI is InChI=1S/C23H26N2O2/c1-4-15(2)25-20(12-13-21(25)26)22-18-10-5-6-11-19(18)24-23(22)16-8-7-9-17(14-16)27-3/h5-11,14-15,20,24H,4,12-13H2,1-3H3/t15-,20+/m1/s1. The topological polar surface area (TPSA) is 45.3 Å². The molecule has 3 aromatic rings. The third-order valence-corrected chi connectivity index (χ3v) is 5.76. The lowest BCUT2D eigenvalue weighted by molar-refractivity contribution is -0.131. The fourth-order valence-electron chi connectivity index (χ4n) is 4.25. The molecule has 1 fully saturated rings. The summed E-state index contributed by atoms with van der Waals surface area (Å²) in [4.78, 5) is 18.4. The van der Waals surface area contributed by atoms with E-state index in [4.69, 9.17) is 4.74 Å². The molecular weight excluding hydrogens is 336 g/mol. The van der Waals surface area contributed by atoms with Gasteiger partial charge in [-0.2, -0.15) is 0 Å². The van der Waals surface area contributed by atoms with E-state index in [0.29, 0.717) is 6.42 Å². The first kappa shape index (κ1) is 17.7. The first-order valence-electron chi connectivity index (χ1n) is 9.70. The Labute approximate surface area is 160 Å². The van der Waals surface area contributed by atoms with Gasteiger partial charge in [-0.15, -0.1) is 0 Å². The van der Waals surface area contributed by atoms with Crippen molar-refractivity contribution in [1.82, 2.24) is 9.88 Å². The van der Waals surface area contributed by atoms with Crippen LogP contribution in [-0.2, 0) is 4.79 Å². The molecule has 0 aliphatic carbocycles. The third kappa shape index (κ3) is 2.99. The molecule has 1 amide bonds. The molecule has 2 atom stereocenters. The molecule has 0 unspecified atom stereocenters. The molecule has 0 spiro atoms. The van der Waals surface area contributed by atoms with Gasteiger partial charge in [-0.25, -0.2) is 0 Å². The van der Waals surface area contributed by atoms with Crippen LogP contribution >= 0.6 is 0 Å². The van der Waals surface area contributed by atoms with Gasteiger partial charge in [0.15, 0.2) is 0 Å². The second kappa shape index (κ2) is 7.10. The zero-order valence-corrected chi connectivity index (χ0v) is 16.2. The van der Waals surface area contributed by atoms with Gasteiger partial charge in [0.05, 0.1) is 18.8 Å². The number of methoxy groups -OCH3 is 1. The number of hydrogen-bond donors (Lipinski definition) is 1. The van der Waals surface area contributed by atoms with Gasteiger partial charge < -0.3 is 14.6 Å². The van der Waals surface area contributed by atoms with E-state index < -0.39 is 0 Å². The highest BCUT2D eigenvalue weighted by Gasteiger charge is 2.37. The van der Waals surface area contributed by atoms with Crippen LogP contribution in [0.15, 0.2) is 48.5 Å². The SMILES string of the molecule is CC[C@@H](C)N1C(=O)CC[C@H]1c1c(-c2cccc(OC)c2)[nH]c2ccccc12. The molecule has 2 aromatic carbocycles. The van der Waals surface area contributed by atoms with Crippen LogP contribution in [0.1, 0.15) is 44.7 Å². The number of fused-ring (bicyclic) bond motifs is 1. The van der Waals surface area contributed by atoms with Gasteiger partial charge in [0.1, 0.15) is 5.75 Å². The third-order valence-electron chi connectivity index (χ3n) is 5.76. The lowest BCUT2D eigenvalue weighted by atomic mass is 9.96. The van der Waals surface area contributed by atoms with E-state index in [1.165, 1.54) is 10.9 Å².